The molecule has 2 aliphatic rings. The second-order valence-electron chi connectivity index (χ2n) is 9.87. The van der Waals surface area contributed by atoms with Crippen molar-refractivity contribution in [2.75, 3.05) is 13.1 Å². The van der Waals surface area contributed by atoms with Gasteiger partial charge in [-0.05, 0) is 38.8 Å². The van der Waals surface area contributed by atoms with E-state index in [0.717, 1.165) is 11.1 Å². The second kappa shape index (κ2) is 8.29. The normalized spacial score (nSPS) is 33.2. The van der Waals surface area contributed by atoms with Crippen LogP contribution in [0.15, 0.2) is 60.7 Å². The first-order valence-electron chi connectivity index (χ1n) is 11.4. The fourth-order valence-electron chi connectivity index (χ4n) is 4.81. The van der Waals surface area contributed by atoms with E-state index in [-0.39, 0.29) is 13.1 Å². The Bertz CT molecular complexity index is 972. The zero-order chi connectivity index (χ0) is 24.8. The van der Waals surface area contributed by atoms with Crippen LogP contribution in [0.5, 0.6) is 0 Å². The largest absolute Gasteiger partial charge is 0.438 e. The maximum atomic E-state index is 12.8. The molecule has 2 aromatic carbocycles. The van der Waals surface area contributed by atoms with Crippen LogP contribution in [0.3, 0.4) is 0 Å². The quantitative estimate of drug-likeness (QED) is 0.647. The third-order valence-electron chi connectivity index (χ3n) is 7.44. The van der Waals surface area contributed by atoms with Gasteiger partial charge in [0.1, 0.15) is 0 Å². The van der Waals surface area contributed by atoms with Crippen molar-refractivity contribution in [2.24, 2.45) is 0 Å². The minimum atomic E-state index is -1.64. The highest BCUT2D eigenvalue weighted by Gasteiger charge is 2.61. The molecule has 0 saturated carbocycles. The van der Waals surface area contributed by atoms with Crippen LogP contribution in [0.25, 0.3) is 0 Å². The highest BCUT2D eigenvalue weighted by atomic mass is 16.6. The molecule has 0 aromatic heterocycles. The van der Waals surface area contributed by atoms with Crippen LogP contribution in [0, 0.1) is 0 Å². The van der Waals surface area contributed by atoms with Gasteiger partial charge in [-0.15, -0.1) is 0 Å². The van der Waals surface area contributed by atoms with Gasteiger partial charge >= 0.3 is 12.2 Å². The molecular formula is C26H32N2O6. The Balaban J connectivity index is 1.49. The number of benzene rings is 2. The first-order chi connectivity index (χ1) is 15.9. The zero-order valence-electron chi connectivity index (χ0n) is 20.0. The number of cyclic esters (lactones) is 2. The van der Waals surface area contributed by atoms with Crippen molar-refractivity contribution < 1.29 is 29.3 Å². The van der Waals surface area contributed by atoms with E-state index in [1.807, 2.05) is 60.7 Å². The molecule has 2 aliphatic heterocycles. The Morgan fingerprint density at radius 2 is 0.971 bits per heavy atom. The summed E-state index contributed by atoms with van der Waals surface area (Å²) in [5, 5.41) is 22.7. The maximum Gasteiger partial charge on any atom is 0.412 e. The fourth-order valence-corrected chi connectivity index (χ4v) is 4.81. The van der Waals surface area contributed by atoms with Crippen LogP contribution in [-0.2, 0) is 22.3 Å². The molecule has 0 unspecified atom stereocenters. The average Bonchev–Trinajstić information content (AvgIpc) is 3.03. The van der Waals surface area contributed by atoms with Crippen molar-refractivity contribution in [1.82, 2.24) is 9.80 Å². The number of rotatable bonds is 7. The number of aliphatic hydroxyl groups is 2. The molecule has 2 aromatic rings. The van der Waals surface area contributed by atoms with Gasteiger partial charge in [0.2, 0.25) is 0 Å². The molecular weight excluding hydrogens is 436 g/mol. The Morgan fingerprint density at radius 1 is 0.647 bits per heavy atom. The summed E-state index contributed by atoms with van der Waals surface area (Å²) in [6.45, 7) is 6.36. The lowest BCUT2D eigenvalue weighted by Crippen LogP contribution is -2.60. The van der Waals surface area contributed by atoms with Gasteiger partial charge in [-0.1, -0.05) is 60.7 Å². The van der Waals surface area contributed by atoms with Crippen LogP contribution < -0.4 is 0 Å². The molecule has 0 spiro atoms. The smallest absolute Gasteiger partial charge is 0.412 e. The van der Waals surface area contributed by atoms with Crippen molar-refractivity contribution in [3.8, 4) is 0 Å². The summed E-state index contributed by atoms with van der Waals surface area (Å²) in [5.74, 6) is 0. The monoisotopic (exact) mass is 468 g/mol. The number of nitrogens with zero attached hydrogens (tertiary/aromatic N) is 2. The SMILES string of the molecule is C[C@]1(Cc2ccccc2)OC(=O)N(CCN2C(=O)O[C@@](C)(Cc3ccccc3)[C@@]2(C)O)[C@@]1(C)O. The zero-order valence-corrected chi connectivity index (χ0v) is 20.0. The third kappa shape index (κ3) is 3.91. The Hall–Kier alpha value is -3.10. The highest BCUT2D eigenvalue weighted by molar-refractivity contribution is 5.74. The third-order valence-corrected chi connectivity index (χ3v) is 7.44. The molecule has 0 radical (unpaired) electrons. The molecule has 2 heterocycles. The molecule has 4 atom stereocenters. The molecule has 0 aliphatic carbocycles. The van der Waals surface area contributed by atoms with Gasteiger partial charge in [-0.2, -0.15) is 0 Å². The van der Waals surface area contributed by atoms with Crippen LogP contribution >= 0.6 is 0 Å². The minimum Gasteiger partial charge on any atom is -0.438 e. The Labute approximate surface area is 199 Å². The number of ether oxygens (including phenoxy) is 2. The predicted molar refractivity (Wildman–Crippen MR) is 125 cm³/mol. The molecule has 0 bridgehead atoms. The van der Waals surface area contributed by atoms with Gasteiger partial charge in [-0.25, -0.2) is 9.59 Å². The Morgan fingerprint density at radius 3 is 1.29 bits per heavy atom. The summed E-state index contributed by atoms with van der Waals surface area (Å²) in [6, 6.07) is 18.9. The minimum absolute atomic E-state index is 0.0388. The van der Waals surface area contributed by atoms with Gasteiger partial charge < -0.3 is 19.7 Å². The van der Waals surface area contributed by atoms with E-state index in [9.17, 15) is 19.8 Å². The average molecular weight is 469 g/mol. The van der Waals surface area contributed by atoms with Crippen molar-refractivity contribution in [2.45, 2.75) is 63.2 Å². The molecule has 34 heavy (non-hydrogen) atoms. The number of carbonyl (C=O) groups excluding carboxylic acids is 2. The standard InChI is InChI=1S/C26H32N2O6/c1-23(17-19-11-7-5-8-12-19)25(3,31)27(21(29)33-23)15-16-28-22(30)34-24(2,26(28,4)32)18-20-13-9-6-10-14-20/h5-14,31-32H,15-18H2,1-4H3/t23-,24+,25+,26-. The highest BCUT2D eigenvalue weighted by Crippen LogP contribution is 2.42. The van der Waals surface area contributed by atoms with E-state index >= 15 is 0 Å². The predicted octanol–water partition coefficient (Wildman–Crippen LogP) is 3.31. The second-order valence-corrected chi connectivity index (χ2v) is 9.87. The van der Waals surface area contributed by atoms with Gasteiger partial charge in [-0.3, -0.25) is 9.80 Å². The summed E-state index contributed by atoms with van der Waals surface area (Å²) in [4.78, 5) is 27.9. The van der Waals surface area contributed by atoms with E-state index in [0.29, 0.717) is 12.8 Å². The van der Waals surface area contributed by atoms with Crippen molar-refractivity contribution in [3.63, 3.8) is 0 Å². The van der Waals surface area contributed by atoms with E-state index in [2.05, 4.69) is 0 Å². The fraction of sp³-hybridized carbons (Fsp3) is 0.462. The van der Waals surface area contributed by atoms with E-state index in [4.69, 9.17) is 9.47 Å². The topological polar surface area (TPSA) is 99.5 Å². The number of hydrogen-bond acceptors (Lipinski definition) is 6. The lowest BCUT2D eigenvalue weighted by atomic mass is 9.86. The summed E-state index contributed by atoms with van der Waals surface area (Å²) < 4.78 is 11.3. The molecule has 4 rings (SSSR count). The summed E-state index contributed by atoms with van der Waals surface area (Å²) in [6.07, 6.45) is -0.714. The molecule has 2 amide bonds. The van der Waals surface area contributed by atoms with E-state index in [1.165, 1.54) is 23.6 Å². The van der Waals surface area contributed by atoms with Crippen LogP contribution in [0.2, 0.25) is 0 Å². The summed E-state index contributed by atoms with van der Waals surface area (Å²) in [7, 11) is 0. The molecule has 8 nitrogen and oxygen atoms in total. The van der Waals surface area contributed by atoms with Crippen molar-refractivity contribution >= 4 is 12.2 Å². The van der Waals surface area contributed by atoms with Gasteiger partial charge in [0.05, 0.1) is 0 Å². The van der Waals surface area contributed by atoms with Crippen molar-refractivity contribution in [1.29, 1.82) is 0 Å². The first kappa shape index (κ1) is 24.0. The maximum absolute atomic E-state index is 12.8. The lowest BCUT2D eigenvalue weighted by Gasteiger charge is -2.40. The van der Waals surface area contributed by atoms with Gasteiger partial charge in [0.25, 0.3) is 0 Å². The molecule has 182 valence electrons. The van der Waals surface area contributed by atoms with Crippen LogP contribution in [0.1, 0.15) is 38.8 Å². The van der Waals surface area contributed by atoms with Crippen molar-refractivity contribution in [3.05, 3.63) is 71.8 Å². The molecule has 8 heteroatoms. The number of hydrogen-bond donors (Lipinski definition) is 2. The van der Waals surface area contributed by atoms with Gasteiger partial charge in [0, 0.05) is 25.9 Å². The lowest BCUT2D eigenvalue weighted by molar-refractivity contribution is -0.148. The number of carbonyl (C=O) groups is 2. The number of amides is 2. The van der Waals surface area contributed by atoms with E-state index < -0.39 is 34.8 Å². The molecule has 2 fully saturated rings. The Kier molecular flexibility index (Phi) is 5.86. The molecule has 2 N–H and O–H groups in total. The first-order valence-corrected chi connectivity index (χ1v) is 11.4. The van der Waals surface area contributed by atoms with Crippen LogP contribution in [-0.4, -0.2) is 67.9 Å². The van der Waals surface area contributed by atoms with E-state index in [1.54, 1.807) is 13.8 Å². The van der Waals surface area contributed by atoms with Crippen LogP contribution in [0.4, 0.5) is 9.59 Å². The van der Waals surface area contributed by atoms with Gasteiger partial charge in [0.15, 0.2) is 22.7 Å². The summed E-state index contributed by atoms with van der Waals surface area (Å²) in [5.41, 5.74) is -3.82. The summed E-state index contributed by atoms with van der Waals surface area (Å²) >= 11 is 0. The molecule has 2 saturated heterocycles.